The maximum atomic E-state index is 12.4. The number of nitrogens with zero attached hydrogens (tertiary/aromatic N) is 1. The average molecular weight is 728 g/mol. The van der Waals surface area contributed by atoms with Gasteiger partial charge in [-0.3, -0.25) is 0 Å². The molecule has 0 saturated carbocycles. The van der Waals surface area contributed by atoms with E-state index in [0.717, 1.165) is 6.08 Å². The Morgan fingerprint density at radius 1 is 0.942 bits per heavy atom. The summed E-state index contributed by atoms with van der Waals surface area (Å²) in [6.45, 7) is -0.587. The average Bonchev–Trinajstić information content (AvgIpc) is 3.47. The number of fused-ring (bicyclic) bond motifs is 1. The van der Waals surface area contributed by atoms with Crippen LogP contribution < -0.4 is 14.8 Å². The molecule has 2 aromatic carbocycles. The summed E-state index contributed by atoms with van der Waals surface area (Å²) in [5, 5.41) is 83.3. The van der Waals surface area contributed by atoms with Gasteiger partial charge in [-0.25, -0.2) is 19.2 Å². The summed E-state index contributed by atoms with van der Waals surface area (Å²) in [6.07, 6.45) is -2.33. The topological polar surface area (TPSA) is 282 Å². The van der Waals surface area contributed by atoms with Gasteiger partial charge >= 0.3 is 23.9 Å². The Labute approximate surface area is 294 Å². The number of ether oxygens (including phenoxy) is 4. The van der Waals surface area contributed by atoms with Crippen LogP contribution >= 0.6 is 0 Å². The third-order valence-corrected chi connectivity index (χ3v) is 8.47. The minimum absolute atomic E-state index is 0.0994. The van der Waals surface area contributed by atoms with E-state index in [1.807, 2.05) is 0 Å². The minimum atomic E-state index is -1.84. The summed E-state index contributed by atoms with van der Waals surface area (Å²) in [5.41, 5.74) is 1.01. The van der Waals surface area contributed by atoms with Crippen molar-refractivity contribution in [3.05, 3.63) is 71.0 Å². The number of methoxy groups -OCH3 is 1. The molecule has 1 fully saturated rings. The molecule has 5 rings (SSSR count). The van der Waals surface area contributed by atoms with Crippen molar-refractivity contribution in [3.8, 4) is 23.0 Å². The van der Waals surface area contributed by atoms with E-state index < -0.39 is 79.0 Å². The standard InChI is InChI=1S/C34H34N2O16/c1-49-24-10-15(2-4-22(24)37)3-5-27(39)50-14-26-28(40)29(41)30(42)34(52-26)51-25-12-17-11-21(33(47)48)36(20(17)13-23(25)38)7-6-16-8-18(31(43)44)35-19(9-16)32(45)46/h2-8,10,12-13,19,21,26,28-30,34,40-42H,9,11,14H2,1H3,(H5,37,38,39,43,44,45,46,47,48)/p+1. The van der Waals surface area contributed by atoms with E-state index in [1.165, 1.54) is 66.5 Å². The molecule has 3 aliphatic rings. The molecule has 18 nitrogen and oxygen atoms in total. The van der Waals surface area contributed by atoms with E-state index in [2.05, 4.69) is 5.32 Å². The molecular formula is C34H35N2O16+. The molecule has 0 aliphatic carbocycles. The number of rotatable bonds is 11. The van der Waals surface area contributed by atoms with Gasteiger partial charge in [0.2, 0.25) is 12.0 Å². The number of aliphatic hydroxyl groups is 3. The predicted molar refractivity (Wildman–Crippen MR) is 174 cm³/mol. The van der Waals surface area contributed by atoms with E-state index in [4.69, 9.17) is 18.9 Å². The van der Waals surface area contributed by atoms with Crippen LogP contribution in [-0.2, 0) is 35.1 Å². The van der Waals surface area contributed by atoms with E-state index in [1.54, 1.807) is 0 Å². The van der Waals surface area contributed by atoms with E-state index >= 15 is 0 Å². The Balaban J connectivity index is 1.31. The highest BCUT2D eigenvalue weighted by atomic mass is 16.7. The third-order valence-electron chi connectivity index (χ3n) is 8.47. The fourth-order valence-corrected chi connectivity index (χ4v) is 5.74. The van der Waals surface area contributed by atoms with Gasteiger partial charge in [0.25, 0.3) is 6.04 Å². The van der Waals surface area contributed by atoms with Crippen LogP contribution in [0.25, 0.3) is 6.08 Å². The highest BCUT2D eigenvalue weighted by Crippen LogP contribution is 2.40. The van der Waals surface area contributed by atoms with Crippen molar-refractivity contribution in [1.82, 2.24) is 5.32 Å². The number of benzene rings is 2. The molecule has 0 amide bonds. The number of carboxylic acids is 3. The van der Waals surface area contributed by atoms with Crippen LogP contribution in [0.4, 0.5) is 5.69 Å². The fourth-order valence-electron chi connectivity index (χ4n) is 5.74. The number of hydrogen-bond donors (Lipinski definition) is 9. The van der Waals surface area contributed by atoms with Crippen LogP contribution in [0, 0.1) is 0 Å². The Morgan fingerprint density at radius 3 is 2.37 bits per heavy atom. The van der Waals surface area contributed by atoms with Crippen LogP contribution in [-0.4, -0.2) is 132 Å². The lowest BCUT2D eigenvalue weighted by Gasteiger charge is -2.39. The van der Waals surface area contributed by atoms with Gasteiger partial charge in [0, 0.05) is 24.1 Å². The first kappa shape index (κ1) is 37.3. The number of carbonyl (C=O) groups is 4. The fraction of sp³-hybridized carbons (Fsp3) is 0.324. The maximum absolute atomic E-state index is 12.4. The van der Waals surface area contributed by atoms with Gasteiger partial charge in [0.15, 0.2) is 29.2 Å². The Hall–Kier alpha value is -5.95. The van der Waals surface area contributed by atoms with Gasteiger partial charge in [-0.05, 0) is 41.5 Å². The van der Waals surface area contributed by atoms with Crippen molar-refractivity contribution < 1.29 is 83.6 Å². The van der Waals surface area contributed by atoms with Gasteiger partial charge in [0.1, 0.15) is 42.8 Å². The van der Waals surface area contributed by atoms with Crippen molar-refractivity contribution in [1.29, 1.82) is 0 Å². The first-order valence-electron chi connectivity index (χ1n) is 15.6. The zero-order chi connectivity index (χ0) is 37.9. The van der Waals surface area contributed by atoms with Gasteiger partial charge < -0.3 is 65.1 Å². The molecule has 52 heavy (non-hydrogen) atoms. The molecule has 18 heteroatoms. The number of aliphatic carboxylic acids is 3. The predicted octanol–water partition coefficient (Wildman–Crippen LogP) is -0.385. The zero-order valence-electron chi connectivity index (χ0n) is 27.2. The number of allylic oxidation sites excluding steroid dienone is 2. The highest BCUT2D eigenvalue weighted by molar-refractivity contribution is 5.90. The lowest BCUT2D eigenvalue weighted by Crippen LogP contribution is -2.60. The van der Waals surface area contributed by atoms with Crippen LogP contribution in [0.1, 0.15) is 17.5 Å². The Kier molecular flexibility index (Phi) is 11.1. The normalized spacial score (nSPS) is 27.1. The summed E-state index contributed by atoms with van der Waals surface area (Å²) in [4.78, 5) is 47.6. The second-order valence-corrected chi connectivity index (χ2v) is 11.9. The molecule has 3 aliphatic heterocycles. The number of phenolic OH excluding ortho intramolecular Hbond substituents is 2. The lowest BCUT2D eigenvalue weighted by molar-refractivity contribution is -0.456. The van der Waals surface area contributed by atoms with Crippen molar-refractivity contribution in [2.24, 2.45) is 0 Å². The lowest BCUT2D eigenvalue weighted by atomic mass is 9.99. The zero-order valence-corrected chi connectivity index (χ0v) is 27.2. The molecule has 7 unspecified atom stereocenters. The summed E-state index contributed by atoms with van der Waals surface area (Å²) < 4.78 is 22.7. The number of carbonyl (C=O) groups excluding carboxylic acids is 1. The first-order chi connectivity index (χ1) is 24.7. The van der Waals surface area contributed by atoms with Crippen molar-refractivity contribution in [2.75, 3.05) is 13.7 Å². The van der Waals surface area contributed by atoms with Gasteiger partial charge in [-0.15, -0.1) is 0 Å². The van der Waals surface area contributed by atoms with E-state index in [-0.39, 0.29) is 47.0 Å². The molecule has 7 atom stereocenters. The number of aromatic hydroxyl groups is 2. The molecule has 2 aromatic rings. The quantitative estimate of drug-likeness (QED) is 0.0810. The monoisotopic (exact) mass is 727 g/mol. The number of esters is 1. The molecule has 0 spiro atoms. The van der Waals surface area contributed by atoms with Gasteiger partial charge in [-0.2, -0.15) is 4.58 Å². The van der Waals surface area contributed by atoms with E-state index in [9.17, 15) is 60.0 Å². The smallest absolute Gasteiger partial charge is 0.373 e. The number of phenols is 2. The van der Waals surface area contributed by atoms with Crippen molar-refractivity contribution in [3.63, 3.8) is 0 Å². The molecule has 0 radical (unpaired) electrons. The summed E-state index contributed by atoms with van der Waals surface area (Å²) >= 11 is 0. The molecule has 0 bridgehead atoms. The third kappa shape index (κ3) is 8.16. The van der Waals surface area contributed by atoms with Gasteiger partial charge in [-0.1, -0.05) is 6.07 Å². The molecule has 0 aromatic heterocycles. The molecule has 3 heterocycles. The first-order valence-corrected chi connectivity index (χ1v) is 15.6. The second kappa shape index (κ2) is 15.5. The second-order valence-electron chi connectivity index (χ2n) is 11.9. The van der Waals surface area contributed by atoms with Crippen LogP contribution in [0.15, 0.2) is 59.8 Å². The summed E-state index contributed by atoms with van der Waals surface area (Å²) in [5.74, 6) is -5.51. The van der Waals surface area contributed by atoms with Crippen LogP contribution in [0.3, 0.4) is 0 Å². The molecule has 276 valence electrons. The highest BCUT2D eigenvalue weighted by Gasteiger charge is 2.46. The van der Waals surface area contributed by atoms with E-state index in [0.29, 0.717) is 11.1 Å². The number of nitrogens with one attached hydrogen (secondary N) is 1. The Bertz CT molecular complexity index is 1880. The van der Waals surface area contributed by atoms with Crippen LogP contribution in [0.2, 0.25) is 0 Å². The van der Waals surface area contributed by atoms with Crippen molar-refractivity contribution in [2.45, 2.75) is 55.6 Å². The van der Waals surface area contributed by atoms with Gasteiger partial charge in [0.05, 0.1) is 19.6 Å². The number of hydrogen-bond acceptors (Lipinski definition) is 14. The maximum Gasteiger partial charge on any atom is 0.373 e. The number of aliphatic hydroxyl groups excluding tert-OH is 3. The molecule has 9 N–H and O–H groups in total. The Morgan fingerprint density at radius 2 is 1.69 bits per heavy atom. The largest absolute Gasteiger partial charge is 0.504 e. The van der Waals surface area contributed by atoms with Crippen molar-refractivity contribution >= 4 is 41.9 Å². The summed E-state index contributed by atoms with van der Waals surface area (Å²) in [7, 11) is 1.36. The molecular weight excluding hydrogens is 692 g/mol. The SMILES string of the molecule is COc1cc(C=CC(=O)OCC2OC(Oc3cc4c(cc3O)[N+](=CC=C3C=C(C(=O)O)NC(C(=O)O)C3)C(C(=O)O)C4)C(O)C(O)C2O)ccc1O. The van der Waals surface area contributed by atoms with Crippen LogP contribution in [0.5, 0.6) is 23.0 Å². The number of carboxylic acid groups (broad SMARTS) is 3. The minimum Gasteiger partial charge on any atom is -0.504 e. The summed E-state index contributed by atoms with van der Waals surface area (Å²) in [6, 6.07) is 4.40. The molecule has 1 saturated heterocycles.